The summed E-state index contributed by atoms with van der Waals surface area (Å²) in [5.74, 6) is 1.21. The predicted octanol–water partition coefficient (Wildman–Crippen LogP) is 5.91. The van der Waals surface area contributed by atoms with Gasteiger partial charge in [-0.3, -0.25) is 4.79 Å². The van der Waals surface area contributed by atoms with E-state index in [-0.39, 0.29) is 23.4 Å². The number of benzene rings is 3. The Morgan fingerprint density at radius 1 is 0.944 bits per heavy atom. The molecule has 1 heterocycles. The average molecular weight is 488 g/mol. The number of rotatable bonds is 5. The lowest BCUT2D eigenvalue weighted by atomic mass is 9.87. The third kappa shape index (κ3) is 5.30. The van der Waals surface area contributed by atoms with Crippen molar-refractivity contribution in [2.75, 3.05) is 31.0 Å². The minimum absolute atomic E-state index is 0.0681. The van der Waals surface area contributed by atoms with E-state index in [1.165, 1.54) is 0 Å². The summed E-state index contributed by atoms with van der Waals surface area (Å²) in [5, 5.41) is 6.04. The molecule has 3 aromatic rings. The molecule has 1 aliphatic heterocycles. The zero-order chi connectivity index (χ0) is 25.9. The highest BCUT2D eigenvalue weighted by Gasteiger charge is 2.30. The van der Waals surface area contributed by atoms with Gasteiger partial charge in [-0.25, -0.2) is 4.79 Å². The van der Waals surface area contributed by atoms with Crippen molar-refractivity contribution in [1.29, 1.82) is 0 Å². The smallest absolute Gasteiger partial charge is 0.319 e. The molecule has 0 aliphatic carbocycles. The van der Waals surface area contributed by atoms with E-state index in [1.807, 2.05) is 42.5 Å². The van der Waals surface area contributed by atoms with E-state index in [1.54, 1.807) is 43.4 Å². The number of nitrogens with zero attached hydrogens (tertiary/aromatic N) is 1. The molecule has 1 atom stereocenters. The van der Waals surface area contributed by atoms with Crippen molar-refractivity contribution in [3.05, 3.63) is 83.4 Å². The molecule has 0 radical (unpaired) electrons. The number of ether oxygens (including phenoxy) is 2. The molecule has 0 saturated carbocycles. The lowest BCUT2D eigenvalue weighted by molar-refractivity contribution is 0.0984. The van der Waals surface area contributed by atoms with Gasteiger partial charge in [0.1, 0.15) is 11.5 Å². The van der Waals surface area contributed by atoms with Crippen LogP contribution in [0.15, 0.2) is 66.7 Å². The van der Waals surface area contributed by atoms with E-state index in [4.69, 9.17) is 9.47 Å². The summed E-state index contributed by atoms with van der Waals surface area (Å²) >= 11 is 0. The van der Waals surface area contributed by atoms with E-state index in [0.717, 1.165) is 16.8 Å². The second kappa shape index (κ2) is 10.3. The van der Waals surface area contributed by atoms with Crippen LogP contribution in [0.3, 0.4) is 0 Å². The van der Waals surface area contributed by atoms with Crippen molar-refractivity contribution in [3.8, 4) is 11.5 Å². The number of nitrogens with one attached hydrogen (secondary N) is 2. The van der Waals surface area contributed by atoms with Crippen molar-refractivity contribution in [2.24, 2.45) is 0 Å². The Morgan fingerprint density at radius 3 is 2.33 bits per heavy atom. The molecule has 36 heavy (non-hydrogen) atoms. The Bertz CT molecular complexity index is 1250. The molecule has 0 bridgehead atoms. The van der Waals surface area contributed by atoms with Crippen molar-refractivity contribution in [3.63, 3.8) is 0 Å². The maximum absolute atomic E-state index is 13.3. The molecule has 7 heteroatoms. The van der Waals surface area contributed by atoms with E-state index in [0.29, 0.717) is 35.7 Å². The Hall–Kier alpha value is -4.00. The summed E-state index contributed by atoms with van der Waals surface area (Å²) in [5.41, 5.74) is 3.91. The molecule has 7 nitrogen and oxygen atoms in total. The standard InChI is InChI=1S/C29H33N3O4/c1-29(2,3)20-12-15-26(36-5)24(18-20)31-28(34)30-23-16-17-32(25-9-7-6-8-22(23)25)27(33)19-10-13-21(35-4)14-11-19/h6-15,18,23H,16-17H2,1-5H3,(H2,30,31,34). The monoisotopic (exact) mass is 487 g/mol. The average Bonchev–Trinajstić information content (AvgIpc) is 2.88. The summed E-state index contributed by atoms with van der Waals surface area (Å²) < 4.78 is 10.7. The lowest BCUT2D eigenvalue weighted by Crippen LogP contribution is -2.42. The highest BCUT2D eigenvalue weighted by molar-refractivity contribution is 6.07. The third-order valence-electron chi connectivity index (χ3n) is 6.45. The largest absolute Gasteiger partial charge is 0.497 e. The summed E-state index contributed by atoms with van der Waals surface area (Å²) in [6, 6.07) is 20.0. The fourth-order valence-electron chi connectivity index (χ4n) is 4.40. The van der Waals surface area contributed by atoms with Crippen LogP contribution in [0.4, 0.5) is 16.2 Å². The van der Waals surface area contributed by atoms with E-state index in [9.17, 15) is 9.59 Å². The SMILES string of the molecule is COc1ccc(C(=O)N2CCC(NC(=O)Nc3cc(C(C)(C)C)ccc3OC)c3ccccc32)cc1. The molecular weight excluding hydrogens is 454 g/mol. The van der Waals surface area contributed by atoms with Crippen molar-refractivity contribution in [2.45, 2.75) is 38.6 Å². The quantitative estimate of drug-likeness (QED) is 0.469. The minimum Gasteiger partial charge on any atom is -0.497 e. The molecule has 1 unspecified atom stereocenters. The molecule has 3 aromatic carbocycles. The molecule has 0 spiro atoms. The van der Waals surface area contributed by atoms with Gasteiger partial charge in [0.15, 0.2) is 0 Å². The lowest BCUT2D eigenvalue weighted by Gasteiger charge is -2.34. The number of hydrogen-bond acceptors (Lipinski definition) is 4. The summed E-state index contributed by atoms with van der Waals surface area (Å²) in [4.78, 5) is 28.1. The van der Waals surface area contributed by atoms with Crippen LogP contribution < -0.4 is 25.0 Å². The fourth-order valence-corrected chi connectivity index (χ4v) is 4.40. The minimum atomic E-state index is -0.325. The van der Waals surface area contributed by atoms with Crippen LogP contribution in [0.5, 0.6) is 11.5 Å². The Kier molecular flexibility index (Phi) is 7.20. The van der Waals surface area contributed by atoms with Crippen LogP contribution in [0.25, 0.3) is 0 Å². The first-order chi connectivity index (χ1) is 17.2. The zero-order valence-electron chi connectivity index (χ0n) is 21.4. The van der Waals surface area contributed by atoms with Gasteiger partial charge in [-0.05, 0) is 65.4 Å². The molecule has 3 amide bonds. The topological polar surface area (TPSA) is 79.9 Å². The van der Waals surface area contributed by atoms with Crippen molar-refractivity contribution in [1.82, 2.24) is 5.32 Å². The van der Waals surface area contributed by atoms with Crippen LogP contribution in [-0.2, 0) is 5.41 Å². The molecular formula is C29H33N3O4. The number of urea groups is 1. The van der Waals surface area contributed by atoms with Crippen LogP contribution in [-0.4, -0.2) is 32.7 Å². The van der Waals surface area contributed by atoms with Gasteiger partial charge in [-0.2, -0.15) is 0 Å². The number of amides is 3. The second-order valence-corrected chi connectivity index (χ2v) is 9.85. The first kappa shape index (κ1) is 25.1. The normalized spacial score (nSPS) is 15.0. The van der Waals surface area contributed by atoms with Crippen LogP contribution in [0.2, 0.25) is 0 Å². The fraction of sp³-hybridized carbons (Fsp3) is 0.310. The Labute approximate surface area is 212 Å². The molecule has 0 fully saturated rings. The van der Waals surface area contributed by atoms with E-state index >= 15 is 0 Å². The van der Waals surface area contributed by atoms with Gasteiger partial charge in [0, 0.05) is 17.8 Å². The third-order valence-corrected chi connectivity index (χ3v) is 6.45. The van der Waals surface area contributed by atoms with Crippen molar-refractivity contribution >= 4 is 23.3 Å². The van der Waals surface area contributed by atoms with Crippen molar-refractivity contribution < 1.29 is 19.1 Å². The van der Waals surface area contributed by atoms with Gasteiger partial charge >= 0.3 is 6.03 Å². The maximum Gasteiger partial charge on any atom is 0.319 e. The first-order valence-electron chi connectivity index (χ1n) is 12.0. The maximum atomic E-state index is 13.3. The number of para-hydroxylation sites is 1. The molecule has 2 N–H and O–H groups in total. The van der Waals surface area contributed by atoms with Gasteiger partial charge in [0.25, 0.3) is 5.91 Å². The Balaban J connectivity index is 1.52. The Morgan fingerprint density at radius 2 is 1.67 bits per heavy atom. The number of carbonyl (C=O) groups excluding carboxylic acids is 2. The van der Waals surface area contributed by atoms with Gasteiger partial charge in [0.2, 0.25) is 0 Å². The van der Waals surface area contributed by atoms with E-state index < -0.39 is 0 Å². The number of methoxy groups -OCH3 is 2. The highest BCUT2D eigenvalue weighted by Crippen LogP contribution is 2.35. The summed E-state index contributed by atoms with van der Waals surface area (Å²) in [6.45, 7) is 6.85. The first-order valence-corrected chi connectivity index (χ1v) is 12.0. The van der Waals surface area contributed by atoms with Gasteiger partial charge in [0.05, 0.1) is 25.9 Å². The van der Waals surface area contributed by atoms with E-state index in [2.05, 4.69) is 31.4 Å². The number of anilines is 2. The number of fused-ring (bicyclic) bond motifs is 1. The van der Waals surface area contributed by atoms with Gasteiger partial charge in [-0.1, -0.05) is 45.0 Å². The second-order valence-electron chi connectivity index (χ2n) is 9.85. The van der Waals surface area contributed by atoms with Gasteiger partial charge in [-0.15, -0.1) is 0 Å². The molecule has 1 aliphatic rings. The summed E-state index contributed by atoms with van der Waals surface area (Å²) in [6.07, 6.45) is 0.589. The number of hydrogen-bond donors (Lipinski definition) is 2. The highest BCUT2D eigenvalue weighted by atomic mass is 16.5. The zero-order valence-corrected chi connectivity index (χ0v) is 21.4. The summed E-state index contributed by atoms with van der Waals surface area (Å²) in [7, 11) is 3.18. The number of carbonyl (C=O) groups is 2. The van der Waals surface area contributed by atoms with Crippen LogP contribution in [0.1, 0.15) is 54.7 Å². The predicted molar refractivity (Wildman–Crippen MR) is 142 cm³/mol. The van der Waals surface area contributed by atoms with Gasteiger partial charge < -0.3 is 25.0 Å². The van der Waals surface area contributed by atoms with Crippen LogP contribution in [0, 0.1) is 0 Å². The molecule has 0 aromatic heterocycles. The molecule has 0 saturated heterocycles. The van der Waals surface area contributed by atoms with Crippen LogP contribution >= 0.6 is 0 Å². The molecule has 188 valence electrons. The molecule has 4 rings (SSSR count).